The normalized spacial score (nSPS) is 19.0. The number of aliphatic carboxylic acids is 1. The zero-order valence-electron chi connectivity index (χ0n) is 12.8. The van der Waals surface area contributed by atoms with Crippen LogP contribution in [0.3, 0.4) is 0 Å². The number of likely N-dealkylation sites (tertiary alicyclic amines) is 1. The summed E-state index contributed by atoms with van der Waals surface area (Å²) in [5.74, 6) is -0.380. The third-order valence-corrected chi connectivity index (χ3v) is 3.76. The second-order valence-electron chi connectivity index (χ2n) is 6.30. The van der Waals surface area contributed by atoms with Gasteiger partial charge in [-0.1, -0.05) is 27.2 Å². The van der Waals surface area contributed by atoms with Gasteiger partial charge in [0.25, 0.3) is 0 Å². The van der Waals surface area contributed by atoms with Crippen molar-refractivity contribution in [1.29, 1.82) is 0 Å². The molecule has 1 saturated heterocycles. The fraction of sp³-hybridized carbons (Fsp3) is 0.933. The van der Waals surface area contributed by atoms with Gasteiger partial charge in [-0.05, 0) is 31.8 Å². The van der Waals surface area contributed by atoms with Gasteiger partial charge in [-0.2, -0.15) is 0 Å². The topological polar surface area (TPSA) is 43.8 Å². The molecule has 19 heavy (non-hydrogen) atoms. The molecule has 1 N–H and O–H groups in total. The summed E-state index contributed by atoms with van der Waals surface area (Å²) in [6.07, 6.45) is 3.99. The number of piperidine rings is 1. The number of carboxylic acid groups (broad SMARTS) is 1. The maximum absolute atomic E-state index is 11.0. The van der Waals surface area contributed by atoms with Gasteiger partial charge in [0.15, 0.2) is 0 Å². The third-order valence-electron chi connectivity index (χ3n) is 3.76. The lowest BCUT2D eigenvalue weighted by atomic mass is 10.1. The molecule has 1 rings (SSSR count). The maximum Gasteiger partial charge on any atom is 0.307 e. The van der Waals surface area contributed by atoms with Crippen molar-refractivity contribution in [3.63, 3.8) is 0 Å². The first-order valence-electron chi connectivity index (χ1n) is 7.66. The highest BCUT2D eigenvalue weighted by Gasteiger charge is 2.18. The fourth-order valence-electron chi connectivity index (χ4n) is 2.70. The van der Waals surface area contributed by atoms with Crippen LogP contribution in [0, 0.1) is 11.8 Å². The van der Waals surface area contributed by atoms with Crippen LogP contribution in [0.4, 0.5) is 0 Å². The Kier molecular flexibility index (Phi) is 7.39. The van der Waals surface area contributed by atoms with Gasteiger partial charge >= 0.3 is 5.97 Å². The molecule has 0 bridgehead atoms. The summed E-state index contributed by atoms with van der Waals surface area (Å²) in [5, 5.41) is 9.04. The molecule has 1 fully saturated rings. The first-order chi connectivity index (χ1) is 8.99. The molecule has 0 aromatic heterocycles. The zero-order chi connectivity index (χ0) is 14.3. The molecule has 0 aromatic carbocycles. The van der Waals surface area contributed by atoms with E-state index in [4.69, 9.17) is 5.11 Å². The number of rotatable bonds is 8. The van der Waals surface area contributed by atoms with E-state index in [1.165, 1.54) is 32.4 Å². The molecule has 1 atom stereocenters. The predicted molar refractivity (Wildman–Crippen MR) is 78.4 cm³/mol. The summed E-state index contributed by atoms with van der Waals surface area (Å²) in [5.41, 5.74) is 0. The Labute approximate surface area is 117 Å². The van der Waals surface area contributed by atoms with Gasteiger partial charge in [-0.15, -0.1) is 0 Å². The number of carboxylic acids is 1. The van der Waals surface area contributed by atoms with Crippen LogP contribution in [0.25, 0.3) is 0 Å². The van der Waals surface area contributed by atoms with Crippen molar-refractivity contribution in [3.8, 4) is 0 Å². The summed E-state index contributed by atoms with van der Waals surface area (Å²) < 4.78 is 0. The zero-order valence-corrected chi connectivity index (χ0v) is 12.8. The monoisotopic (exact) mass is 270 g/mol. The summed E-state index contributed by atoms with van der Waals surface area (Å²) >= 11 is 0. The van der Waals surface area contributed by atoms with Crippen molar-refractivity contribution in [1.82, 2.24) is 9.80 Å². The van der Waals surface area contributed by atoms with E-state index in [1.807, 2.05) is 0 Å². The van der Waals surface area contributed by atoms with Crippen LogP contribution < -0.4 is 0 Å². The highest BCUT2D eigenvalue weighted by Crippen LogP contribution is 2.10. The van der Waals surface area contributed by atoms with Crippen molar-refractivity contribution >= 4 is 5.97 Å². The van der Waals surface area contributed by atoms with Gasteiger partial charge in [0.2, 0.25) is 0 Å². The molecular formula is C15H30N2O2. The smallest absolute Gasteiger partial charge is 0.307 e. The quantitative estimate of drug-likeness (QED) is 0.734. The van der Waals surface area contributed by atoms with E-state index in [1.54, 1.807) is 6.92 Å². The molecule has 0 radical (unpaired) electrons. The minimum atomic E-state index is -0.688. The van der Waals surface area contributed by atoms with Crippen LogP contribution in [0.2, 0.25) is 0 Å². The van der Waals surface area contributed by atoms with Crippen LogP contribution >= 0.6 is 0 Å². The summed E-state index contributed by atoms with van der Waals surface area (Å²) in [7, 11) is 0. The van der Waals surface area contributed by atoms with E-state index in [0.717, 1.165) is 19.6 Å². The van der Waals surface area contributed by atoms with Gasteiger partial charge in [-0.25, -0.2) is 0 Å². The minimum Gasteiger partial charge on any atom is -0.481 e. The van der Waals surface area contributed by atoms with Crippen molar-refractivity contribution in [3.05, 3.63) is 0 Å². The molecule has 0 saturated carbocycles. The van der Waals surface area contributed by atoms with Gasteiger partial charge in [0, 0.05) is 26.2 Å². The summed E-state index contributed by atoms with van der Waals surface area (Å²) in [6, 6.07) is 0. The fourth-order valence-corrected chi connectivity index (χ4v) is 2.70. The van der Waals surface area contributed by atoms with Crippen LogP contribution in [0.1, 0.15) is 40.0 Å². The minimum absolute atomic E-state index is 0.278. The molecule has 1 aliphatic heterocycles. The Bertz CT molecular complexity index is 263. The Morgan fingerprint density at radius 1 is 1.16 bits per heavy atom. The molecule has 1 heterocycles. The van der Waals surface area contributed by atoms with Crippen LogP contribution in [-0.4, -0.2) is 60.1 Å². The Morgan fingerprint density at radius 3 is 2.32 bits per heavy atom. The molecule has 112 valence electrons. The van der Waals surface area contributed by atoms with E-state index in [-0.39, 0.29) is 5.92 Å². The van der Waals surface area contributed by atoms with Gasteiger partial charge < -0.3 is 14.9 Å². The molecular weight excluding hydrogens is 240 g/mol. The number of hydrogen-bond donors (Lipinski definition) is 1. The molecule has 0 spiro atoms. The van der Waals surface area contributed by atoms with Crippen LogP contribution in [0.5, 0.6) is 0 Å². The third kappa shape index (κ3) is 6.92. The Morgan fingerprint density at radius 2 is 1.79 bits per heavy atom. The first-order valence-corrected chi connectivity index (χ1v) is 7.66. The number of carbonyl (C=O) groups is 1. The second kappa shape index (κ2) is 8.54. The lowest BCUT2D eigenvalue weighted by molar-refractivity contribution is -0.141. The van der Waals surface area contributed by atoms with Crippen molar-refractivity contribution < 1.29 is 9.90 Å². The molecule has 1 unspecified atom stereocenters. The van der Waals surface area contributed by atoms with E-state index in [9.17, 15) is 4.79 Å². The number of hydrogen-bond acceptors (Lipinski definition) is 3. The first kappa shape index (κ1) is 16.4. The van der Waals surface area contributed by atoms with E-state index in [2.05, 4.69) is 23.6 Å². The maximum atomic E-state index is 11.0. The lowest BCUT2D eigenvalue weighted by Crippen LogP contribution is -2.41. The second-order valence-corrected chi connectivity index (χ2v) is 6.30. The standard InChI is InChI=1S/C15H30N2O2/c1-13(2)11-17(12-14(3)15(18)19)10-9-16-7-5-4-6-8-16/h13-14H,4-12H2,1-3H3,(H,18,19). The molecule has 0 aromatic rings. The number of nitrogens with zero attached hydrogens (tertiary/aromatic N) is 2. The highest BCUT2D eigenvalue weighted by atomic mass is 16.4. The van der Waals surface area contributed by atoms with Crippen LogP contribution in [0.15, 0.2) is 0 Å². The van der Waals surface area contributed by atoms with Gasteiger partial charge in [0.1, 0.15) is 0 Å². The van der Waals surface area contributed by atoms with Gasteiger partial charge in [0.05, 0.1) is 5.92 Å². The summed E-state index contributed by atoms with van der Waals surface area (Å²) in [4.78, 5) is 15.8. The van der Waals surface area contributed by atoms with Crippen molar-refractivity contribution in [2.45, 2.75) is 40.0 Å². The largest absolute Gasteiger partial charge is 0.481 e. The molecule has 0 amide bonds. The molecule has 4 nitrogen and oxygen atoms in total. The van der Waals surface area contributed by atoms with E-state index in [0.29, 0.717) is 12.5 Å². The SMILES string of the molecule is CC(C)CN(CCN1CCCCC1)CC(C)C(=O)O. The van der Waals surface area contributed by atoms with E-state index >= 15 is 0 Å². The predicted octanol–water partition coefficient (Wildman–Crippen LogP) is 2.15. The summed E-state index contributed by atoms with van der Waals surface area (Å²) in [6.45, 7) is 12.4. The van der Waals surface area contributed by atoms with Crippen molar-refractivity contribution in [2.24, 2.45) is 11.8 Å². The van der Waals surface area contributed by atoms with E-state index < -0.39 is 5.97 Å². The highest BCUT2D eigenvalue weighted by molar-refractivity contribution is 5.69. The molecule has 1 aliphatic rings. The lowest BCUT2D eigenvalue weighted by Gasteiger charge is -2.31. The Balaban J connectivity index is 2.37. The van der Waals surface area contributed by atoms with Crippen LogP contribution in [-0.2, 0) is 4.79 Å². The average molecular weight is 270 g/mol. The molecule has 4 heteroatoms. The van der Waals surface area contributed by atoms with Gasteiger partial charge in [-0.3, -0.25) is 4.79 Å². The molecule has 0 aliphatic carbocycles. The average Bonchev–Trinajstić information content (AvgIpc) is 2.36. The van der Waals surface area contributed by atoms with Crippen molar-refractivity contribution in [2.75, 3.05) is 39.3 Å². The Hall–Kier alpha value is -0.610.